The Balaban J connectivity index is 1.71. The second kappa shape index (κ2) is 8.23. The number of nitriles is 1. The fourth-order valence-corrected chi connectivity index (χ4v) is 3.17. The summed E-state index contributed by atoms with van der Waals surface area (Å²) < 4.78 is 5.20. The van der Waals surface area contributed by atoms with Crippen LogP contribution in [0.3, 0.4) is 0 Å². The number of ether oxygens (including phenoxy) is 1. The number of allylic oxidation sites excluding steroid dienone is 1. The van der Waals surface area contributed by atoms with E-state index >= 15 is 0 Å². The van der Waals surface area contributed by atoms with Crippen LogP contribution in [-0.4, -0.2) is 43.1 Å². The minimum Gasteiger partial charge on any atom is -0.497 e. The number of hydrogen-bond acceptors (Lipinski definition) is 6. The van der Waals surface area contributed by atoms with E-state index in [1.54, 1.807) is 19.2 Å². The molecule has 3 rings (SSSR count). The molecule has 0 N–H and O–H groups in total. The predicted molar refractivity (Wildman–Crippen MR) is 103 cm³/mol. The zero-order chi connectivity index (χ0) is 19.2. The van der Waals surface area contributed by atoms with Gasteiger partial charge in [0.1, 0.15) is 5.75 Å². The van der Waals surface area contributed by atoms with Crippen molar-refractivity contribution >= 4 is 17.1 Å². The quantitative estimate of drug-likeness (QED) is 0.460. The first-order chi connectivity index (χ1) is 13.1. The van der Waals surface area contributed by atoms with E-state index < -0.39 is 4.92 Å². The maximum Gasteiger partial charge on any atom is 0.269 e. The van der Waals surface area contributed by atoms with Gasteiger partial charge < -0.3 is 14.5 Å². The van der Waals surface area contributed by atoms with Crippen LogP contribution < -0.4 is 9.64 Å². The van der Waals surface area contributed by atoms with Crippen LogP contribution in [0, 0.1) is 21.4 Å². The van der Waals surface area contributed by atoms with Gasteiger partial charge in [0.2, 0.25) is 0 Å². The summed E-state index contributed by atoms with van der Waals surface area (Å²) in [5, 5.41) is 20.0. The van der Waals surface area contributed by atoms with Gasteiger partial charge in [0.05, 0.1) is 23.8 Å². The number of non-ortho nitro benzene ring substituents is 1. The number of methoxy groups -OCH3 is 1. The van der Waals surface area contributed by atoms with Crippen molar-refractivity contribution < 1.29 is 9.66 Å². The molecule has 0 aromatic heterocycles. The minimum atomic E-state index is -0.426. The Kier molecular flexibility index (Phi) is 5.57. The average molecular weight is 364 g/mol. The number of nitro groups is 1. The average Bonchev–Trinajstić information content (AvgIpc) is 2.72. The van der Waals surface area contributed by atoms with Gasteiger partial charge in [-0.2, -0.15) is 5.26 Å². The van der Waals surface area contributed by atoms with Gasteiger partial charge in [-0.1, -0.05) is 0 Å². The van der Waals surface area contributed by atoms with Crippen LogP contribution in [0.15, 0.2) is 54.6 Å². The minimum absolute atomic E-state index is 0.0411. The molecule has 1 aliphatic heterocycles. The molecule has 1 aliphatic rings. The van der Waals surface area contributed by atoms with E-state index in [1.807, 2.05) is 24.3 Å². The highest BCUT2D eigenvalue weighted by atomic mass is 16.6. The van der Waals surface area contributed by atoms with Crippen LogP contribution in [0.25, 0.3) is 5.70 Å². The maximum atomic E-state index is 10.8. The lowest BCUT2D eigenvalue weighted by Gasteiger charge is -2.38. The van der Waals surface area contributed by atoms with Crippen molar-refractivity contribution in [2.45, 2.75) is 0 Å². The number of hydrogen-bond donors (Lipinski definition) is 0. The largest absolute Gasteiger partial charge is 0.497 e. The van der Waals surface area contributed by atoms with Gasteiger partial charge in [-0.25, -0.2) is 0 Å². The molecule has 0 unspecified atom stereocenters. The van der Waals surface area contributed by atoms with Crippen molar-refractivity contribution in [3.05, 3.63) is 70.3 Å². The number of nitrogens with zero attached hydrogens (tertiary/aromatic N) is 4. The van der Waals surface area contributed by atoms with E-state index in [0.29, 0.717) is 0 Å². The second-order valence-electron chi connectivity index (χ2n) is 6.13. The summed E-state index contributed by atoms with van der Waals surface area (Å²) in [6.45, 7) is 3.16. The Morgan fingerprint density at radius 3 is 2.26 bits per heavy atom. The van der Waals surface area contributed by atoms with Gasteiger partial charge in [-0.05, 0) is 42.0 Å². The molecule has 0 radical (unpaired) electrons. The lowest BCUT2D eigenvalue weighted by Crippen LogP contribution is -2.45. The molecule has 0 amide bonds. The third kappa shape index (κ3) is 4.18. The Hall–Kier alpha value is -3.53. The summed E-state index contributed by atoms with van der Waals surface area (Å²) in [5.74, 6) is 0.829. The molecule has 1 saturated heterocycles. The summed E-state index contributed by atoms with van der Waals surface area (Å²) >= 11 is 0. The highest BCUT2D eigenvalue weighted by Gasteiger charge is 2.20. The highest BCUT2D eigenvalue weighted by molar-refractivity contribution is 5.67. The van der Waals surface area contributed by atoms with Crippen molar-refractivity contribution in [1.29, 1.82) is 5.26 Å². The summed E-state index contributed by atoms with van der Waals surface area (Å²) in [6, 6.07) is 16.4. The van der Waals surface area contributed by atoms with Crippen LogP contribution in [0.4, 0.5) is 11.4 Å². The standard InChI is InChI=1S/C20H20N4O3/c1-27-19-8-6-17(7-9-19)22-12-14-23(15-13-22)20(10-11-21)16-2-4-18(5-3-16)24(25)26/h2-10H,12-15H2,1H3/b20-10+. The molecule has 2 aromatic rings. The lowest BCUT2D eigenvalue weighted by molar-refractivity contribution is -0.384. The SMILES string of the molecule is COc1ccc(N2CCN(/C(=C/C#N)c3ccc([N+](=O)[O-])cc3)CC2)cc1. The van der Waals surface area contributed by atoms with Crippen LogP contribution in [-0.2, 0) is 0 Å². The number of anilines is 1. The molecule has 2 aromatic carbocycles. The molecule has 1 fully saturated rings. The Morgan fingerprint density at radius 1 is 1.11 bits per heavy atom. The van der Waals surface area contributed by atoms with Gasteiger partial charge in [-0.15, -0.1) is 0 Å². The van der Waals surface area contributed by atoms with E-state index in [1.165, 1.54) is 18.2 Å². The molecule has 138 valence electrons. The molecule has 27 heavy (non-hydrogen) atoms. The van der Waals surface area contributed by atoms with E-state index in [2.05, 4.69) is 15.9 Å². The molecule has 7 nitrogen and oxygen atoms in total. The molecule has 1 heterocycles. The zero-order valence-electron chi connectivity index (χ0n) is 15.0. The van der Waals surface area contributed by atoms with Gasteiger partial charge in [-0.3, -0.25) is 10.1 Å². The third-order valence-electron chi connectivity index (χ3n) is 4.63. The first-order valence-electron chi connectivity index (χ1n) is 8.61. The summed E-state index contributed by atoms with van der Waals surface area (Å²) in [7, 11) is 1.65. The molecule has 0 saturated carbocycles. The Bertz CT molecular complexity index is 862. The second-order valence-corrected chi connectivity index (χ2v) is 6.13. The number of rotatable bonds is 5. The molecule has 0 atom stereocenters. The van der Waals surface area contributed by atoms with Crippen LogP contribution >= 0.6 is 0 Å². The van der Waals surface area contributed by atoms with E-state index in [4.69, 9.17) is 10.00 Å². The topological polar surface area (TPSA) is 82.6 Å². The predicted octanol–water partition coefficient (Wildman–Crippen LogP) is 3.29. The maximum absolute atomic E-state index is 10.8. The number of benzene rings is 2. The van der Waals surface area contributed by atoms with Crippen LogP contribution in [0.2, 0.25) is 0 Å². The molecule has 0 bridgehead atoms. The van der Waals surface area contributed by atoms with E-state index in [0.717, 1.165) is 48.9 Å². The van der Waals surface area contributed by atoms with Gasteiger partial charge in [0.25, 0.3) is 5.69 Å². The number of piperazine rings is 1. The third-order valence-corrected chi connectivity index (χ3v) is 4.63. The first kappa shape index (κ1) is 18.3. The molecule has 7 heteroatoms. The van der Waals surface area contributed by atoms with Gasteiger partial charge >= 0.3 is 0 Å². The highest BCUT2D eigenvalue weighted by Crippen LogP contribution is 2.26. The van der Waals surface area contributed by atoms with Crippen LogP contribution in [0.1, 0.15) is 5.56 Å². The fraction of sp³-hybridized carbons (Fsp3) is 0.250. The summed E-state index contributed by atoms with van der Waals surface area (Å²) in [5.41, 5.74) is 2.78. The van der Waals surface area contributed by atoms with Crippen molar-refractivity contribution in [2.24, 2.45) is 0 Å². The molecule has 0 aliphatic carbocycles. The molecule has 0 spiro atoms. The zero-order valence-corrected chi connectivity index (χ0v) is 15.0. The Morgan fingerprint density at radius 2 is 1.74 bits per heavy atom. The smallest absolute Gasteiger partial charge is 0.269 e. The molecular weight excluding hydrogens is 344 g/mol. The van der Waals surface area contributed by atoms with Gasteiger partial charge in [0, 0.05) is 50.1 Å². The van der Waals surface area contributed by atoms with Crippen LogP contribution in [0.5, 0.6) is 5.75 Å². The van der Waals surface area contributed by atoms with Crippen molar-refractivity contribution in [3.63, 3.8) is 0 Å². The van der Waals surface area contributed by atoms with Gasteiger partial charge in [0.15, 0.2) is 0 Å². The van der Waals surface area contributed by atoms with E-state index in [-0.39, 0.29) is 5.69 Å². The van der Waals surface area contributed by atoms with Crippen molar-refractivity contribution in [3.8, 4) is 11.8 Å². The summed E-state index contributed by atoms with van der Waals surface area (Å²) in [6.07, 6.45) is 1.50. The number of nitro benzene ring substituents is 1. The van der Waals surface area contributed by atoms with E-state index in [9.17, 15) is 10.1 Å². The lowest BCUT2D eigenvalue weighted by atomic mass is 10.1. The normalized spacial score (nSPS) is 14.6. The Labute approximate surface area is 157 Å². The monoisotopic (exact) mass is 364 g/mol. The summed E-state index contributed by atoms with van der Waals surface area (Å²) in [4.78, 5) is 14.8. The first-order valence-corrected chi connectivity index (χ1v) is 8.61. The molecular formula is C20H20N4O3. The fourth-order valence-electron chi connectivity index (χ4n) is 3.17. The van der Waals surface area contributed by atoms with Crippen molar-refractivity contribution in [1.82, 2.24) is 4.90 Å². The van der Waals surface area contributed by atoms with Crippen molar-refractivity contribution in [2.75, 3.05) is 38.2 Å².